The maximum atomic E-state index is 12.3. The normalized spacial score (nSPS) is 14.6. The van der Waals surface area contributed by atoms with Gasteiger partial charge in [0.1, 0.15) is 5.75 Å². The van der Waals surface area contributed by atoms with Gasteiger partial charge in [0.05, 0.1) is 18.4 Å². The van der Waals surface area contributed by atoms with Gasteiger partial charge in [0.2, 0.25) is 0 Å². The summed E-state index contributed by atoms with van der Waals surface area (Å²) in [5, 5.41) is 11.6. The Morgan fingerprint density at radius 1 is 1.38 bits per heavy atom. The smallest absolute Gasteiger partial charge is 0.303 e. The van der Waals surface area contributed by atoms with Gasteiger partial charge < -0.3 is 20.1 Å². The standard InChI is InChI=1S/C18H18N2O4/c1-10-11(3-6-17(21)22)9-19-15(10)8-14-13-5-4-12(24-2)7-16(13)20-18(14)23/h4-5,7-9,19H,3,6H2,1-2H3,(H,20,23)(H,21,22). The summed E-state index contributed by atoms with van der Waals surface area (Å²) in [7, 11) is 1.58. The van der Waals surface area contributed by atoms with E-state index in [1.165, 1.54) is 0 Å². The number of carboxylic acid groups (broad SMARTS) is 1. The van der Waals surface area contributed by atoms with Gasteiger partial charge in [0.15, 0.2) is 0 Å². The van der Waals surface area contributed by atoms with Gasteiger partial charge in [0.25, 0.3) is 5.91 Å². The minimum atomic E-state index is -0.825. The van der Waals surface area contributed by atoms with Crippen molar-refractivity contribution in [3.63, 3.8) is 0 Å². The minimum Gasteiger partial charge on any atom is -0.497 e. The molecule has 2 aromatic rings. The molecule has 3 N–H and O–H groups in total. The highest BCUT2D eigenvalue weighted by Crippen LogP contribution is 2.36. The topological polar surface area (TPSA) is 91.4 Å². The lowest BCUT2D eigenvalue weighted by Crippen LogP contribution is -2.03. The van der Waals surface area contributed by atoms with Crippen LogP contribution in [0.15, 0.2) is 24.4 Å². The molecule has 0 radical (unpaired) electrons. The highest BCUT2D eigenvalue weighted by molar-refractivity contribution is 6.34. The zero-order valence-electron chi connectivity index (χ0n) is 13.5. The number of hydrogen-bond donors (Lipinski definition) is 3. The van der Waals surface area contributed by atoms with E-state index in [1.54, 1.807) is 25.4 Å². The Kier molecular flexibility index (Phi) is 4.12. The first kappa shape index (κ1) is 15.9. The van der Waals surface area contributed by atoms with Gasteiger partial charge in [-0.2, -0.15) is 0 Å². The summed E-state index contributed by atoms with van der Waals surface area (Å²) in [6, 6.07) is 5.45. The molecule has 0 fully saturated rings. The Morgan fingerprint density at radius 2 is 2.17 bits per heavy atom. The van der Waals surface area contributed by atoms with Crippen molar-refractivity contribution in [2.24, 2.45) is 0 Å². The summed E-state index contributed by atoms with van der Waals surface area (Å²) in [5.74, 6) is -0.310. The number of carbonyl (C=O) groups excluding carboxylic acids is 1. The molecule has 0 saturated carbocycles. The first-order chi connectivity index (χ1) is 11.5. The van der Waals surface area contributed by atoms with Crippen LogP contribution in [-0.2, 0) is 16.0 Å². The van der Waals surface area contributed by atoms with E-state index in [0.29, 0.717) is 17.7 Å². The third-order valence-electron chi connectivity index (χ3n) is 4.19. The molecule has 124 valence electrons. The van der Waals surface area contributed by atoms with Crippen molar-refractivity contribution >= 4 is 29.2 Å². The van der Waals surface area contributed by atoms with Crippen LogP contribution in [0.3, 0.4) is 0 Å². The molecule has 2 heterocycles. The molecule has 0 unspecified atom stereocenters. The fraction of sp³-hybridized carbons (Fsp3) is 0.222. The fourth-order valence-electron chi connectivity index (χ4n) is 2.79. The van der Waals surface area contributed by atoms with Crippen LogP contribution in [0.5, 0.6) is 5.75 Å². The average molecular weight is 326 g/mol. The van der Waals surface area contributed by atoms with Crippen molar-refractivity contribution < 1.29 is 19.4 Å². The van der Waals surface area contributed by atoms with E-state index in [4.69, 9.17) is 9.84 Å². The molecular weight excluding hydrogens is 308 g/mol. The van der Waals surface area contributed by atoms with E-state index in [2.05, 4.69) is 10.3 Å². The van der Waals surface area contributed by atoms with Crippen molar-refractivity contribution in [2.75, 3.05) is 12.4 Å². The highest BCUT2D eigenvalue weighted by atomic mass is 16.5. The number of aromatic amines is 1. The predicted molar refractivity (Wildman–Crippen MR) is 91.0 cm³/mol. The first-order valence-electron chi connectivity index (χ1n) is 7.59. The number of ether oxygens (including phenoxy) is 1. The van der Waals surface area contributed by atoms with Crippen molar-refractivity contribution in [1.82, 2.24) is 4.98 Å². The summed E-state index contributed by atoms with van der Waals surface area (Å²) in [6.07, 6.45) is 4.14. The molecule has 1 aromatic carbocycles. The number of rotatable bonds is 5. The van der Waals surface area contributed by atoms with Crippen LogP contribution in [0, 0.1) is 6.92 Å². The van der Waals surface area contributed by atoms with E-state index in [9.17, 15) is 9.59 Å². The number of carboxylic acids is 1. The van der Waals surface area contributed by atoms with Gasteiger partial charge in [-0.3, -0.25) is 9.59 Å². The lowest BCUT2D eigenvalue weighted by atomic mass is 10.0. The Bertz CT molecular complexity index is 849. The molecule has 1 aliphatic rings. The molecule has 6 nitrogen and oxygen atoms in total. The molecule has 1 aromatic heterocycles. The number of methoxy groups -OCH3 is 1. The largest absolute Gasteiger partial charge is 0.497 e. The molecule has 1 amide bonds. The van der Waals surface area contributed by atoms with Crippen molar-refractivity contribution in [3.8, 4) is 5.75 Å². The Morgan fingerprint density at radius 3 is 2.88 bits per heavy atom. The van der Waals surface area contributed by atoms with Crippen molar-refractivity contribution in [2.45, 2.75) is 19.8 Å². The van der Waals surface area contributed by atoms with E-state index in [1.807, 2.05) is 19.1 Å². The third kappa shape index (κ3) is 2.90. The zero-order valence-corrected chi connectivity index (χ0v) is 13.5. The summed E-state index contributed by atoms with van der Waals surface area (Å²) in [5.41, 5.74) is 4.82. The van der Waals surface area contributed by atoms with E-state index in [0.717, 1.165) is 28.1 Å². The number of nitrogens with one attached hydrogen (secondary N) is 2. The summed E-state index contributed by atoms with van der Waals surface area (Å²) in [4.78, 5) is 26.1. The Balaban J connectivity index is 1.93. The van der Waals surface area contributed by atoms with E-state index < -0.39 is 5.97 Å². The summed E-state index contributed by atoms with van der Waals surface area (Å²) < 4.78 is 5.17. The number of carbonyl (C=O) groups is 2. The van der Waals surface area contributed by atoms with Gasteiger partial charge in [-0.05, 0) is 42.7 Å². The van der Waals surface area contributed by atoms with Gasteiger partial charge in [-0.1, -0.05) is 0 Å². The van der Waals surface area contributed by atoms with Gasteiger partial charge >= 0.3 is 5.97 Å². The molecule has 1 aliphatic heterocycles. The molecule has 6 heteroatoms. The second-order valence-corrected chi connectivity index (χ2v) is 5.67. The highest BCUT2D eigenvalue weighted by Gasteiger charge is 2.25. The summed E-state index contributed by atoms with van der Waals surface area (Å²) in [6.45, 7) is 1.92. The molecule has 24 heavy (non-hydrogen) atoms. The number of aromatic nitrogens is 1. The maximum absolute atomic E-state index is 12.3. The zero-order chi connectivity index (χ0) is 17.3. The number of aliphatic carboxylic acids is 1. The van der Waals surface area contributed by atoms with Crippen LogP contribution < -0.4 is 10.1 Å². The molecule has 3 rings (SSSR count). The molecule has 0 atom stereocenters. The lowest BCUT2D eigenvalue weighted by Gasteiger charge is -2.03. The molecule has 0 saturated heterocycles. The number of hydrogen-bond acceptors (Lipinski definition) is 3. The average Bonchev–Trinajstić information content (AvgIpc) is 3.06. The van der Waals surface area contributed by atoms with E-state index in [-0.39, 0.29) is 12.3 Å². The molecule has 0 aliphatic carbocycles. The number of H-pyrrole nitrogens is 1. The second kappa shape index (κ2) is 6.23. The number of amides is 1. The molecular formula is C18H18N2O4. The predicted octanol–water partition coefficient (Wildman–Crippen LogP) is 2.84. The first-order valence-corrected chi connectivity index (χ1v) is 7.59. The number of benzene rings is 1. The quantitative estimate of drug-likeness (QED) is 0.737. The molecule has 0 bridgehead atoms. The fourth-order valence-corrected chi connectivity index (χ4v) is 2.79. The van der Waals surface area contributed by atoms with Crippen LogP contribution in [0.25, 0.3) is 11.6 Å². The summed E-state index contributed by atoms with van der Waals surface area (Å²) >= 11 is 0. The third-order valence-corrected chi connectivity index (χ3v) is 4.19. The minimum absolute atomic E-state index is 0.0812. The maximum Gasteiger partial charge on any atom is 0.303 e. The van der Waals surface area contributed by atoms with Crippen molar-refractivity contribution in [1.29, 1.82) is 0 Å². The van der Waals surface area contributed by atoms with Crippen LogP contribution in [-0.4, -0.2) is 29.1 Å². The van der Waals surface area contributed by atoms with Crippen LogP contribution in [0.2, 0.25) is 0 Å². The van der Waals surface area contributed by atoms with Crippen molar-refractivity contribution in [3.05, 3.63) is 46.8 Å². The van der Waals surface area contributed by atoms with Crippen LogP contribution in [0.4, 0.5) is 5.69 Å². The van der Waals surface area contributed by atoms with E-state index >= 15 is 0 Å². The second-order valence-electron chi connectivity index (χ2n) is 5.67. The Hall–Kier alpha value is -3.02. The monoisotopic (exact) mass is 326 g/mol. The van der Waals surface area contributed by atoms with Crippen LogP contribution in [0.1, 0.15) is 28.8 Å². The lowest BCUT2D eigenvalue weighted by molar-refractivity contribution is -0.137. The van der Waals surface area contributed by atoms with Gasteiger partial charge in [-0.15, -0.1) is 0 Å². The number of aryl methyl sites for hydroxylation is 1. The number of fused-ring (bicyclic) bond motifs is 1. The SMILES string of the molecule is COc1ccc2c(c1)NC(=O)C2=Cc1[nH]cc(CCC(=O)O)c1C. The molecule has 0 spiro atoms. The van der Waals surface area contributed by atoms with Gasteiger partial charge in [-0.25, -0.2) is 0 Å². The number of anilines is 1. The Labute approximate surface area is 139 Å². The van der Waals surface area contributed by atoms with Crippen LogP contribution >= 0.6 is 0 Å². The van der Waals surface area contributed by atoms with Gasteiger partial charge in [0, 0.05) is 29.9 Å².